The number of nitrogens with two attached hydrogens (primary N) is 2. The number of anilines is 3. The Morgan fingerprint density at radius 3 is 2.81 bits per heavy atom. The number of fused-ring (bicyclic) bond motifs is 1. The third-order valence-corrected chi connectivity index (χ3v) is 3.67. The smallest absolute Gasteiger partial charge is 0.311 e. The van der Waals surface area contributed by atoms with E-state index in [9.17, 15) is 10.1 Å². The van der Waals surface area contributed by atoms with Gasteiger partial charge in [0.05, 0.1) is 11.0 Å². The minimum Gasteiger partial charge on any atom is -0.399 e. The summed E-state index contributed by atoms with van der Waals surface area (Å²) in [6, 6.07) is 8.91. The molecule has 1 aromatic carbocycles. The van der Waals surface area contributed by atoms with Crippen LogP contribution < -0.4 is 16.8 Å². The summed E-state index contributed by atoms with van der Waals surface area (Å²) in [5.74, 6) is 0.452. The fourth-order valence-corrected chi connectivity index (χ4v) is 2.67. The zero-order valence-electron chi connectivity index (χ0n) is 11.2. The first-order chi connectivity index (χ1) is 10.0. The molecule has 2 aromatic rings. The molecule has 0 bridgehead atoms. The molecule has 7 heteroatoms. The van der Waals surface area contributed by atoms with Crippen molar-refractivity contribution in [2.24, 2.45) is 0 Å². The summed E-state index contributed by atoms with van der Waals surface area (Å²) in [6.45, 7) is 0. The SMILES string of the molecule is Nc1ccc2c(c1)CCC2Nc1ccc([N+](=O)[O-])c(N)n1. The topological polar surface area (TPSA) is 120 Å². The molecule has 0 radical (unpaired) electrons. The Balaban J connectivity index is 1.83. The van der Waals surface area contributed by atoms with Gasteiger partial charge >= 0.3 is 5.69 Å². The van der Waals surface area contributed by atoms with E-state index in [0.717, 1.165) is 18.5 Å². The Kier molecular flexibility index (Phi) is 3.09. The van der Waals surface area contributed by atoms with E-state index in [1.165, 1.54) is 17.2 Å². The zero-order chi connectivity index (χ0) is 15.0. The minimum atomic E-state index is -0.542. The molecular weight excluding hydrogens is 270 g/mol. The van der Waals surface area contributed by atoms with Gasteiger partial charge in [0.25, 0.3) is 0 Å². The highest BCUT2D eigenvalue weighted by atomic mass is 16.6. The molecule has 1 aromatic heterocycles. The molecule has 1 unspecified atom stereocenters. The van der Waals surface area contributed by atoms with Gasteiger partial charge in [0.2, 0.25) is 5.82 Å². The predicted molar refractivity (Wildman–Crippen MR) is 80.8 cm³/mol. The van der Waals surface area contributed by atoms with Crippen LogP contribution in [0.1, 0.15) is 23.6 Å². The number of nitro groups is 1. The Labute approximate surface area is 121 Å². The standard InChI is InChI=1S/C14H15N5O2/c15-9-2-3-10-8(7-9)1-4-11(10)17-13-6-5-12(19(20)21)14(16)18-13/h2-3,5-7,11H,1,4,15H2,(H3,16,17,18). The summed E-state index contributed by atoms with van der Waals surface area (Å²) in [7, 11) is 0. The Morgan fingerprint density at radius 1 is 1.29 bits per heavy atom. The maximum atomic E-state index is 10.7. The molecule has 0 aliphatic heterocycles. The number of rotatable bonds is 3. The van der Waals surface area contributed by atoms with Crippen LogP contribution in [0.4, 0.5) is 23.0 Å². The second kappa shape index (κ2) is 4.93. The quantitative estimate of drug-likeness (QED) is 0.452. The van der Waals surface area contributed by atoms with Gasteiger partial charge in [0.15, 0.2) is 0 Å². The van der Waals surface area contributed by atoms with Crippen LogP contribution in [-0.4, -0.2) is 9.91 Å². The van der Waals surface area contributed by atoms with Gasteiger partial charge in [-0.2, -0.15) is 0 Å². The van der Waals surface area contributed by atoms with Gasteiger partial charge in [-0.1, -0.05) is 6.07 Å². The van der Waals surface area contributed by atoms with Gasteiger partial charge in [-0.05, 0) is 42.2 Å². The third-order valence-electron chi connectivity index (χ3n) is 3.67. The highest BCUT2D eigenvalue weighted by Gasteiger charge is 2.23. The zero-order valence-corrected chi connectivity index (χ0v) is 11.2. The van der Waals surface area contributed by atoms with Gasteiger partial charge in [0, 0.05) is 11.8 Å². The summed E-state index contributed by atoms with van der Waals surface area (Å²) in [5, 5.41) is 14.0. The van der Waals surface area contributed by atoms with Crippen molar-refractivity contribution < 1.29 is 4.92 Å². The molecule has 1 aliphatic rings. The van der Waals surface area contributed by atoms with E-state index in [2.05, 4.69) is 10.3 Å². The molecule has 1 heterocycles. The van der Waals surface area contributed by atoms with Gasteiger partial charge in [-0.15, -0.1) is 0 Å². The number of nitrogen functional groups attached to an aromatic ring is 2. The van der Waals surface area contributed by atoms with Crippen molar-refractivity contribution >= 4 is 23.0 Å². The Bertz CT molecular complexity index is 717. The lowest BCUT2D eigenvalue weighted by Crippen LogP contribution is -2.10. The van der Waals surface area contributed by atoms with Crippen LogP contribution in [0.25, 0.3) is 0 Å². The molecule has 0 amide bonds. The van der Waals surface area contributed by atoms with Crippen LogP contribution in [0.15, 0.2) is 30.3 Å². The van der Waals surface area contributed by atoms with E-state index < -0.39 is 4.92 Å². The summed E-state index contributed by atoms with van der Waals surface area (Å²) in [5.41, 5.74) is 14.4. The van der Waals surface area contributed by atoms with Crippen LogP contribution in [0.5, 0.6) is 0 Å². The maximum Gasteiger partial charge on any atom is 0.311 e. The maximum absolute atomic E-state index is 10.7. The van der Waals surface area contributed by atoms with Gasteiger partial charge in [0.1, 0.15) is 5.82 Å². The number of nitrogens with zero attached hydrogens (tertiary/aromatic N) is 2. The summed E-state index contributed by atoms with van der Waals surface area (Å²) >= 11 is 0. The second-order valence-electron chi connectivity index (χ2n) is 5.05. The lowest BCUT2D eigenvalue weighted by molar-refractivity contribution is -0.384. The molecule has 0 saturated carbocycles. The van der Waals surface area contributed by atoms with Gasteiger partial charge in [-0.3, -0.25) is 10.1 Å². The van der Waals surface area contributed by atoms with Crippen LogP contribution in [0, 0.1) is 10.1 Å². The molecule has 7 nitrogen and oxygen atoms in total. The fraction of sp³-hybridized carbons (Fsp3) is 0.214. The number of aromatic nitrogens is 1. The Hall–Kier alpha value is -2.83. The summed E-state index contributed by atoms with van der Waals surface area (Å²) in [6.07, 6.45) is 1.87. The van der Waals surface area contributed by atoms with Crippen LogP contribution in [-0.2, 0) is 6.42 Å². The predicted octanol–water partition coefficient (Wildman–Crippen LogP) is 2.25. The number of nitrogens with one attached hydrogen (secondary N) is 1. The number of benzene rings is 1. The van der Waals surface area contributed by atoms with Crippen LogP contribution in [0.3, 0.4) is 0 Å². The van der Waals surface area contributed by atoms with Crippen LogP contribution in [0.2, 0.25) is 0 Å². The van der Waals surface area contributed by atoms with E-state index in [1.807, 2.05) is 18.2 Å². The molecule has 0 saturated heterocycles. The number of pyridine rings is 1. The molecule has 0 spiro atoms. The normalized spacial score (nSPS) is 16.5. The molecular formula is C14H15N5O2. The molecule has 21 heavy (non-hydrogen) atoms. The summed E-state index contributed by atoms with van der Waals surface area (Å²) in [4.78, 5) is 14.2. The van der Waals surface area contributed by atoms with Crippen molar-refractivity contribution in [1.29, 1.82) is 0 Å². The highest BCUT2D eigenvalue weighted by molar-refractivity contribution is 5.58. The first-order valence-electron chi connectivity index (χ1n) is 6.60. The van der Waals surface area contributed by atoms with Crippen molar-refractivity contribution in [3.05, 3.63) is 51.6 Å². The molecule has 5 N–H and O–H groups in total. The fourth-order valence-electron chi connectivity index (χ4n) is 2.67. The highest BCUT2D eigenvalue weighted by Crippen LogP contribution is 2.35. The van der Waals surface area contributed by atoms with Crippen molar-refractivity contribution in [3.8, 4) is 0 Å². The molecule has 3 rings (SSSR count). The second-order valence-corrected chi connectivity index (χ2v) is 5.05. The van der Waals surface area contributed by atoms with Crippen molar-refractivity contribution in [1.82, 2.24) is 4.98 Å². The molecule has 1 aliphatic carbocycles. The van der Waals surface area contributed by atoms with Crippen molar-refractivity contribution in [2.75, 3.05) is 16.8 Å². The van der Waals surface area contributed by atoms with Crippen molar-refractivity contribution in [3.63, 3.8) is 0 Å². The monoisotopic (exact) mass is 285 g/mol. The van der Waals surface area contributed by atoms with E-state index in [0.29, 0.717) is 5.82 Å². The number of hydrogen-bond donors (Lipinski definition) is 3. The minimum absolute atomic E-state index is 0.0828. The average Bonchev–Trinajstić information content (AvgIpc) is 2.80. The molecule has 0 fully saturated rings. The molecule has 1 atom stereocenters. The third kappa shape index (κ3) is 2.45. The van der Waals surface area contributed by atoms with E-state index in [4.69, 9.17) is 11.5 Å². The van der Waals surface area contributed by atoms with Crippen molar-refractivity contribution in [2.45, 2.75) is 18.9 Å². The number of hydrogen-bond acceptors (Lipinski definition) is 6. The lowest BCUT2D eigenvalue weighted by atomic mass is 10.1. The number of aryl methyl sites for hydroxylation is 1. The molecule has 108 valence electrons. The first kappa shape index (κ1) is 13.2. The lowest BCUT2D eigenvalue weighted by Gasteiger charge is -2.15. The Morgan fingerprint density at radius 2 is 2.10 bits per heavy atom. The van der Waals surface area contributed by atoms with Gasteiger partial charge in [-0.25, -0.2) is 4.98 Å². The largest absolute Gasteiger partial charge is 0.399 e. The first-order valence-corrected chi connectivity index (χ1v) is 6.60. The summed E-state index contributed by atoms with van der Waals surface area (Å²) < 4.78 is 0. The average molecular weight is 285 g/mol. The van der Waals surface area contributed by atoms with Gasteiger partial charge < -0.3 is 16.8 Å². The van der Waals surface area contributed by atoms with E-state index in [1.54, 1.807) is 6.07 Å². The van der Waals surface area contributed by atoms with E-state index in [-0.39, 0.29) is 17.5 Å². The van der Waals surface area contributed by atoms with Crippen LogP contribution >= 0.6 is 0 Å². The van der Waals surface area contributed by atoms with E-state index >= 15 is 0 Å².